The van der Waals surface area contributed by atoms with Crippen molar-refractivity contribution in [2.45, 2.75) is 19.0 Å². The molecule has 0 radical (unpaired) electrons. The first-order valence-corrected chi connectivity index (χ1v) is 6.68. The molecule has 8 heteroatoms. The van der Waals surface area contributed by atoms with Crippen molar-refractivity contribution >= 4 is 17.3 Å². The Labute approximate surface area is 120 Å². The van der Waals surface area contributed by atoms with Gasteiger partial charge in [-0.1, -0.05) is 0 Å². The number of halogens is 4. The second-order valence-electron chi connectivity index (χ2n) is 4.23. The fraction of sp³-hybridized carbons (Fsp3) is 0.231. The SMILES string of the molecule is O=C(O)CCc1csc(-c2ccc(F)cc2C(F)(F)F)n1. The van der Waals surface area contributed by atoms with Crippen molar-refractivity contribution in [1.29, 1.82) is 0 Å². The van der Waals surface area contributed by atoms with Gasteiger partial charge in [-0.2, -0.15) is 13.2 Å². The van der Waals surface area contributed by atoms with Crippen molar-refractivity contribution in [3.63, 3.8) is 0 Å². The van der Waals surface area contributed by atoms with Gasteiger partial charge in [0.25, 0.3) is 0 Å². The van der Waals surface area contributed by atoms with E-state index in [0.29, 0.717) is 11.8 Å². The van der Waals surface area contributed by atoms with E-state index in [2.05, 4.69) is 4.98 Å². The lowest BCUT2D eigenvalue weighted by Gasteiger charge is -2.11. The summed E-state index contributed by atoms with van der Waals surface area (Å²) in [6.07, 6.45) is -4.71. The highest BCUT2D eigenvalue weighted by atomic mass is 32.1. The van der Waals surface area contributed by atoms with Crippen LogP contribution in [0.15, 0.2) is 23.6 Å². The third-order valence-electron chi connectivity index (χ3n) is 2.66. The summed E-state index contributed by atoms with van der Waals surface area (Å²) >= 11 is 0.964. The van der Waals surface area contributed by atoms with Gasteiger partial charge >= 0.3 is 12.1 Å². The molecule has 0 aliphatic rings. The number of alkyl halides is 3. The number of aliphatic carboxylic acids is 1. The molecule has 112 valence electrons. The topological polar surface area (TPSA) is 50.2 Å². The summed E-state index contributed by atoms with van der Waals surface area (Å²) in [5, 5.41) is 10.2. The highest BCUT2D eigenvalue weighted by molar-refractivity contribution is 7.13. The highest BCUT2D eigenvalue weighted by Gasteiger charge is 2.34. The molecule has 0 amide bonds. The van der Waals surface area contributed by atoms with E-state index in [1.165, 1.54) is 5.38 Å². The Morgan fingerprint density at radius 2 is 2.05 bits per heavy atom. The second-order valence-corrected chi connectivity index (χ2v) is 5.08. The van der Waals surface area contributed by atoms with Crippen LogP contribution in [0.2, 0.25) is 0 Å². The molecule has 2 rings (SSSR count). The molecule has 2 aromatic rings. The number of rotatable bonds is 4. The van der Waals surface area contributed by atoms with E-state index < -0.39 is 23.5 Å². The Morgan fingerprint density at radius 3 is 2.67 bits per heavy atom. The summed E-state index contributed by atoms with van der Waals surface area (Å²) in [4.78, 5) is 14.4. The summed E-state index contributed by atoms with van der Waals surface area (Å²) in [6, 6.07) is 2.38. The zero-order chi connectivity index (χ0) is 15.6. The first-order chi connectivity index (χ1) is 9.77. The van der Waals surface area contributed by atoms with Crippen molar-refractivity contribution in [3.05, 3.63) is 40.7 Å². The van der Waals surface area contributed by atoms with Gasteiger partial charge in [-0.25, -0.2) is 9.37 Å². The molecule has 0 saturated carbocycles. The van der Waals surface area contributed by atoms with Gasteiger partial charge in [0.15, 0.2) is 0 Å². The van der Waals surface area contributed by atoms with Crippen LogP contribution in [0, 0.1) is 5.82 Å². The van der Waals surface area contributed by atoms with Crippen LogP contribution in [0.3, 0.4) is 0 Å². The molecule has 0 aliphatic carbocycles. The smallest absolute Gasteiger partial charge is 0.417 e. The summed E-state index contributed by atoms with van der Waals surface area (Å²) in [7, 11) is 0. The molecule has 0 fully saturated rings. The number of thiazole rings is 1. The first kappa shape index (κ1) is 15.4. The van der Waals surface area contributed by atoms with Gasteiger partial charge in [0, 0.05) is 17.4 Å². The number of benzene rings is 1. The minimum atomic E-state index is -4.69. The number of nitrogens with zero attached hydrogens (tertiary/aromatic N) is 1. The predicted octanol–water partition coefficient (Wildman–Crippen LogP) is 3.99. The molecule has 1 N–H and O–H groups in total. The molecule has 0 saturated heterocycles. The maximum Gasteiger partial charge on any atom is 0.417 e. The maximum absolute atomic E-state index is 13.0. The number of hydrogen-bond donors (Lipinski definition) is 1. The maximum atomic E-state index is 13.0. The van der Waals surface area contributed by atoms with Gasteiger partial charge in [-0.15, -0.1) is 11.3 Å². The summed E-state index contributed by atoms with van der Waals surface area (Å²) in [5.41, 5.74) is -0.910. The van der Waals surface area contributed by atoms with E-state index in [0.717, 1.165) is 23.5 Å². The van der Waals surface area contributed by atoms with E-state index in [1.54, 1.807) is 0 Å². The van der Waals surface area contributed by atoms with Crippen LogP contribution in [0.5, 0.6) is 0 Å². The van der Waals surface area contributed by atoms with Crippen LogP contribution < -0.4 is 0 Å². The Balaban J connectivity index is 2.36. The molecule has 0 atom stereocenters. The van der Waals surface area contributed by atoms with Crippen molar-refractivity contribution in [2.75, 3.05) is 0 Å². The van der Waals surface area contributed by atoms with E-state index in [1.807, 2.05) is 0 Å². The standard InChI is InChI=1S/C13H9F4NO2S/c14-7-1-3-9(10(5-7)13(15,16)17)12-18-8(6-21-12)2-4-11(19)20/h1,3,5-6H,2,4H2,(H,19,20). The fourth-order valence-corrected chi connectivity index (χ4v) is 2.61. The normalized spacial score (nSPS) is 11.6. The average Bonchev–Trinajstić information content (AvgIpc) is 2.84. The molecule has 0 spiro atoms. The Morgan fingerprint density at radius 1 is 1.33 bits per heavy atom. The number of aromatic nitrogens is 1. The molecule has 0 unspecified atom stereocenters. The Kier molecular flexibility index (Phi) is 4.26. The van der Waals surface area contributed by atoms with Crippen LogP contribution in [-0.4, -0.2) is 16.1 Å². The third kappa shape index (κ3) is 3.78. The monoisotopic (exact) mass is 319 g/mol. The lowest BCUT2D eigenvalue weighted by molar-refractivity contribution is -0.138. The van der Waals surface area contributed by atoms with E-state index >= 15 is 0 Å². The number of aryl methyl sites for hydroxylation is 1. The van der Waals surface area contributed by atoms with Crippen molar-refractivity contribution in [1.82, 2.24) is 4.98 Å². The van der Waals surface area contributed by atoms with Crippen molar-refractivity contribution in [3.8, 4) is 10.6 Å². The van der Waals surface area contributed by atoms with Gasteiger partial charge in [0.2, 0.25) is 0 Å². The summed E-state index contributed by atoms with van der Waals surface area (Å²) < 4.78 is 51.7. The molecule has 1 aromatic carbocycles. The largest absolute Gasteiger partial charge is 0.481 e. The molecular formula is C13H9F4NO2S. The molecule has 3 nitrogen and oxygen atoms in total. The van der Waals surface area contributed by atoms with Gasteiger partial charge in [-0.3, -0.25) is 4.79 Å². The first-order valence-electron chi connectivity index (χ1n) is 5.80. The van der Waals surface area contributed by atoms with Crippen LogP contribution in [0.4, 0.5) is 17.6 Å². The fourth-order valence-electron chi connectivity index (χ4n) is 1.72. The van der Waals surface area contributed by atoms with Crippen LogP contribution in [0.25, 0.3) is 10.6 Å². The predicted molar refractivity (Wildman–Crippen MR) is 68.5 cm³/mol. The average molecular weight is 319 g/mol. The number of carboxylic acid groups (broad SMARTS) is 1. The van der Waals surface area contributed by atoms with E-state index in [4.69, 9.17) is 5.11 Å². The van der Waals surface area contributed by atoms with Crippen LogP contribution >= 0.6 is 11.3 Å². The molecule has 0 bridgehead atoms. The quantitative estimate of drug-likeness (QED) is 0.867. The van der Waals surface area contributed by atoms with E-state index in [9.17, 15) is 22.4 Å². The third-order valence-corrected chi connectivity index (χ3v) is 3.59. The number of hydrogen-bond acceptors (Lipinski definition) is 3. The molecule has 21 heavy (non-hydrogen) atoms. The van der Waals surface area contributed by atoms with Crippen molar-refractivity contribution in [2.24, 2.45) is 0 Å². The number of carbonyl (C=O) groups is 1. The zero-order valence-electron chi connectivity index (χ0n) is 10.4. The lowest BCUT2D eigenvalue weighted by Crippen LogP contribution is -2.07. The van der Waals surface area contributed by atoms with Gasteiger partial charge in [0.1, 0.15) is 10.8 Å². The minimum absolute atomic E-state index is 0.0858. The lowest BCUT2D eigenvalue weighted by atomic mass is 10.1. The summed E-state index contributed by atoms with van der Waals surface area (Å²) in [5.74, 6) is -1.99. The zero-order valence-corrected chi connectivity index (χ0v) is 11.3. The molecular weight excluding hydrogens is 310 g/mol. The molecule has 0 aliphatic heterocycles. The molecule has 1 heterocycles. The molecule has 1 aromatic heterocycles. The van der Waals surface area contributed by atoms with Gasteiger partial charge in [-0.05, 0) is 18.2 Å². The number of carboxylic acids is 1. The van der Waals surface area contributed by atoms with Crippen LogP contribution in [-0.2, 0) is 17.4 Å². The van der Waals surface area contributed by atoms with Crippen molar-refractivity contribution < 1.29 is 27.5 Å². The highest BCUT2D eigenvalue weighted by Crippen LogP contribution is 2.38. The summed E-state index contributed by atoms with van der Waals surface area (Å²) in [6.45, 7) is 0. The second kappa shape index (κ2) is 5.80. The van der Waals surface area contributed by atoms with Crippen LogP contribution in [0.1, 0.15) is 17.7 Å². The Hall–Kier alpha value is -1.96. The van der Waals surface area contributed by atoms with Gasteiger partial charge in [0.05, 0.1) is 17.7 Å². The Bertz CT molecular complexity index is 666. The van der Waals surface area contributed by atoms with Gasteiger partial charge < -0.3 is 5.11 Å². The van der Waals surface area contributed by atoms with E-state index in [-0.39, 0.29) is 23.4 Å². The minimum Gasteiger partial charge on any atom is -0.481 e.